The van der Waals surface area contributed by atoms with Gasteiger partial charge in [-0.3, -0.25) is 0 Å². The standard InChI is InChI=1S/C13H23N3O3/c1-3-5-10(17-4-2)12-15-13(19-16-12)11-7-6-9(8-14)18-11/h9-11H,3-8,14H2,1-2H3. The summed E-state index contributed by atoms with van der Waals surface area (Å²) in [6, 6.07) is 0. The van der Waals surface area contributed by atoms with Gasteiger partial charge < -0.3 is 19.7 Å². The van der Waals surface area contributed by atoms with Crippen LogP contribution in [0.4, 0.5) is 0 Å². The van der Waals surface area contributed by atoms with Crippen LogP contribution in [-0.2, 0) is 9.47 Å². The largest absolute Gasteiger partial charge is 0.370 e. The molecule has 6 nitrogen and oxygen atoms in total. The second-order valence-corrected chi connectivity index (χ2v) is 4.78. The van der Waals surface area contributed by atoms with E-state index in [9.17, 15) is 0 Å². The Bertz CT molecular complexity index is 377. The topological polar surface area (TPSA) is 83.4 Å². The molecule has 2 rings (SSSR count). The fourth-order valence-electron chi connectivity index (χ4n) is 2.32. The van der Waals surface area contributed by atoms with Crippen LogP contribution in [0.5, 0.6) is 0 Å². The van der Waals surface area contributed by atoms with Gasteiger partial charge in [-0.2, -0.15) is 4.98 Å². The van der Waals surface area contributed by atoms with E-state index in [0.29, 0.717) is 24.9 Å². The SMILES string of the molecule is CCCC(OCC)c1noc(C2CCC(CN)O2)n1. The Morgan fingerprint density at radius 2 is 2.26 bits per heavy atom. The molecule has 1 aliphatic heterocycles. The fourth-order valence-corrected chi connectivity index (χ4v) is 2.32. The molecule has 1 aromatic rings. The lowest BCUT2D eigenvalue weighted by molar-refractivity contribution is 0.0306. The summed E-state index contributed by atoms with van der Waals surface area (Å²) in [6.07, 6.45) is 3.66. The highest BCUT2D eigenvalue weighted by molar-refractivity contribution is 4.96. The van der Waals surface area contributed by atoms with Crippen molar-refractivity contribution in [1.29, 1.82) is 0 Å². The highest BCUT2D eigenvalue weighted by Crippen LogP contribution is 2.32. The molecule has 3 unspecified atom stereocenters. The molecule has 0 aliphatic carbocycles. The molecule has 108 valence electrons. The van der Waals surface area contributed by atoms with Crippen LogP contribution < -0.4 is 5.73 Å². The van der Waals surface area contributed by atoms with E-state index in [1.54, 1.807) is 0 Å². The Hall–Kier alpha value is -0.980. The van der Waals surface area contributed by atoms with Gasteiger partial charge in [0.2, 0.25) is 5.82 Å². The highest BCUT2D eigenvalue weighted by Gasteiger charge is 2.30. The van der Waals surface area contributed by atoms with Gasteiger partial charge in [-0.05, 0) is 26.2 Å². The third kappa shape index (κ3) is 3.52. The molecule has 0 saturated carbocycles. The summed E-state index contributed by atoms with van der Waals surface area (Å²) in [4.78, 5) is 4.43. The number of rotatable bonds is 7. The first-order valence-electron chi connectivity index (χ1n) is 7.09. The molecule has 0 bridgehead atoms. The highest BCUT2D eigenvalue weighted by atomic mass is 16.5. The Labute approximate surface area is 113 Å². The van der Waals surface area contributed by atoms with E-state index in [4.69, 9.17) is 19.7 Å². The number of nitrogens with two attached hydrogens (primary N) is 1. The minimum Gasteiger partial charge on any atom is -0.370 e. The Morgan fingerprint density at radius 1 is 1.42 bits per heavy atom. The summed E-state index contributed by atoms with van der Waals surface area (Å²) in [5, 5.41) is 4.03. The summed E-state index contributed by atoms with van der Waals surface area (Å²) >= 11 is 0. The van der Waals surface area contributed by atoms with Crippen molar-refractivity contribution in [2.45, 2.75) is 57.8 Å². The van der Waals surface area contributed by atoms with Crippen molar-refractivity contribution in [3.63, 3.8) is 0 Å². The summed E-state index contributed by atoms with van der Waals surface area (Å²) in [5.74, 6) is 1.17. The van der Waals surface area contributed by atoms with Gasteiger partial charge in [-0.25, -0.2) is 0 Å². The third-order valence-corrected chi connectivity index (χ3v) is 3.31. The molecule has 0 spiro atoms. The van der Waals surface area contributed by atoms with E-state index >= 15 is 0 Å². The lowest BCUT2D eigenvalue weighted by atomic mass is 10.2. The van der Waals surface area contributed by atoms with Crippen molar-refractivity contribution in [3.8, 4) is 0 Å². The van der Waals surface area contributed by atoms with Crippen LogP contribution >= 0.6 is 0 Å². The lowest BCUT2D eigenvalue weighted by Crippen LogP contribution is -2.18. The van der Waals surface area contributed by atoms with E-state index in [1.165, 1.54) is 0 Å². The molecule has 0 aromatic carbocycles. The van der Waals surface area contributed by atoms with Crippen LogP contribution in [0, 0.1) is 0 Å². The maximum absolute atomic E-state index is 5.75. The van der Waals surface area contributed by atoms with Gasteiger partial charge in [0, 0.05) is 13.2 Å². The number of aromatic nitrogens is 2. The Balaban J connectivity index is 2.01. The van der Waals surface area contributed by atoms with Gasteiger partial charge in [0.1, 0.15) is 12.2 Å². The summed E-state index contributed by atoms with van der Waals surface area (Å²) in [6.45, 7) is 5.26. The molecule has 2 N–H and O–H groups in total. The molecule has 1 aromatic heterocycles. The molecule has 1 fully saturated rings. The lowest BCUT2D eigenvalue weighted by Gasteiger charge is -2.11. The zero-order valence-corrected chi connectivity index (χ0v) is 11.7. The Kier molecular flexibility index (Phi) is 5.30. The molecule has 1 aliphatic rings. The number of nitrogens with zero attached hydrogens (tertiary/aromatic N) is 2. The van der Waals surface area contributed by atoms with E-state index < -0.39 is 0 Å². The molecular formula is C13H23N3O3. The second kappa shape index (κ2) is 6.98. The zero-order valence-electron chi connectivity index (χ0n) is 11.7. The molecule has 19 heavy (non-hydrogen) atoms. The van der Waals surface area contributed by atoms with Crippen molar-refractivity contribution in [3.05, 3.63) is 11.7 Å². The van der Waals surface area contributed by atoms with Crippen molar-refractivity contribution in [1.82, 2.24) is 10.1 Å². The third-order valence-electron chi connectivity index (χ3n) is 3.31. The maximum atomic E-state index is 5.75. The van der Waals surface area contributed by atoms with Gasteiger partial charge in [0.25, 0.3) is 5.89 Å². The predicted molar refractivity (Wildman–Crippen MR) is 69.5 cm³/mol. The second-order valence-electron chi connectivity index (χ2n) is 4.78. The van der Waals surface area contributed by atoms with Crippen LogP contribution in [0.25, 0.3) is 0 Å². The van der Waals surface area contributed by atoms with Gasteiger partial charge in [-0.1, -0.05) is 18.5 Å². The van der Waals surface area contributed by atoms with Crippen LogP contribution in [0.15, 0.2) is 4.52 Å². The number of hydrogen-bond donors (Lipinski definition) is 1. The minimum absolute atomic E-state index is 0.0841. The predicted octanol–water partition coefficient (Wildman–Crippen LogP) is 2.13. The quantitative estimate of drug-likeness (QED) is 0.816. The van der Waals surface area contributed by atoms with Gasteiger partial charge in [0.05, 0.1) is 6.10 Å². The van der Waals surface area contributed by atoms with E-state index in [0.717, 1.165) is 25.7 Å². The van der Waals surface area contributed by atoms with E-state index in [2.05, 4.69) is 17.1 Å². The molecule has 1 saturated heterocycles. The molecule has 0 radical (unpaired) electrons. The van der Waals surface area contributed by atoms with Crippen LogP contribution in [0.2, 0.25) is 0 Å². The monoisotopic (exact) mass is 269 g/mol. The van der Waals surface area contributed by atoms with Crippen LogP contribution in [-0.4, -0.2) is 29.4 Å². The summed E-state index contributed by atoms with van der Waals surface area (Å²) in [7, 11) is 0. The van der Waals surface area contributed by atoms with Crippen molar-refractivity contribution in [2.24, 2.45) is 5.73 Å². The van der Waals surface area contributed by atoms with Gasteiger partial charge >= 0.3 is 0 Å². The van der Waals surface area contributed by atoms with Crippen molar-refractivity contribution < 1.29 is 14.0 Å². The molecule has 6 heteroatoms. The fraction of sp³-hybridized carbons (Fsp3) is 0.846. The molecular weight excluding hydrogens is 246 g/mol. The average Bonchev–Trinajstić information content (AvgIpc) is 3.07. The maximum Gasteiger partial charge on any atom is 0.255 e. The first-order valence-corrected chi connectivity index (χ1v) is 7.09. The van der Waals surface area contributed by atoms with E-state index in [1.807, 2.05) is 6.92 Å². The number of ether oxygens (including phenoxy) is 2. The molecule has 3 atom stereocenters. The first kappa shape index (κ1) is 14.4. The molecule has 2 heterocycles. The smallest absolute Gasteiger partial charge is 0.255 e. The number of hydrogen-bond acceptors (Lipinski definition) is 6. The summed E-state index contributed by atoms with van der Waals surface area (Å²) in [5.41, 5.74) is 5.59. The minimum atomic E-state index is -0.112. The van der Waals surface area contributed by atoms with Gasteiger partial charge in [-0.15, -0.1) is 0 Å². The normalized spacial score (nSPS) is 24.8. The first-order chi connectivity index (χ1) is 9.28. The zero-order chi connectivity index (χ0) is 13.7. The van der Waals surface area contributed by atoms with Crippen LogP contribution in [0.1, 0.15) is 63.5 Å². The summed E-state index contributed by atoms with van der Waals surface area (Å²) < 4.78 is 16.7. The Morgan fingerprint density at radius 3 is 2.89 bits per heavy atom. The van der Waals surface area contributed by atoms with Crippen molar-refractivity contribution >= 4 is 0 Å². The van der Waals surface area contributed by atoms with Gasteiger partial charge in [0.15, 0.2) is 0 Å². The van der Waals surface area contributed by atoms with Crippen molar-refractivity contribution in [2.75, 3.05) is 13.2 Å². The average molecular weight is 269 g/mol. The van der Waals surface area contributed by atoms with E-state index in [-0.39, 0.29) is 18.3 Å². The van der Waals surface area contributed by atoms with Crippen LogP contribution in [0.3, 0.4) is 0 Å². The molecule has 0 amide bonds.